The van der Waals surface area contributed by atoms with Crippen molar-refractivity contribution in [2.24, 2.45) is 0 Å². The Hall–Kier alpha value is -3.00. The Morgan fingerprint density at radius 1 is 1.18 bits per heavy atom. The molecule has 1 saturated carbocycles. The van der Waals surface area contributed by atoms with Gasteiger partial charge in [0, 0.05) is 5.69 Å². The minimum absolute atomic E-state index is 0.0607. The van der Waals surface area contributed by atoms with E-state index in [1.807, 2.05) is 32.0 Å². The number of esters is 1. The Morgan fingerprint density at radius 3 is 2.61 bits per heavy atom. The van der Waals surface area contributed by atoms with Crippen LogP contribution in [0.5, 0.6) is 0 Å². The average Bonchev–Trinajstić information content (AvgIpc) is 3.13. The van der Waals surface area contributed by atoms with Crippen LogP contribution >= 0.6 is 11.3 Å². The molecule has 0 unspecified atom stereocenters. The number of rotatable bonds is 5. The van der Waals surface area contributed by atoms with Crippen LogP contribution in [0.3, 0.4) is 0 Å². The summed E-state index contributed by atoms with van der Waals surface area (Å²) in [4.78, 5) is 44.2. The third-order valence-corrected chi connectivity index (χ3v) is 7.50. The standard InChI is InChI=1S/C25H29N3O4S/c1-14-10-11-19(15(2)12-14)27-22(29)17(4)28-13-26-23-20(24(28)30)16(3)21(33-23)25(31)32-18-8-6-5-7-9-18/h10-13,17-18H,5-9H2,1-4H3,(H,27,29)/t17-/m1/s1. The van der Waals surface area contributed by atoms with Crippen LogP contribution in [0, 0.1) is 20.8 Å². The lowest BCUT2D eigenvalue weighted by Crippen LogP contribution is -2.32. The number of thiophene rings is 1. The van der Waals surface area contributed by atoms with Crippen molar-refractivity contribution >= 4 is 39.1 Å². The molecule has 2 heterocycles. The van der Waals surface area contributed by atoms with Gasteiger partial charge in [-0.05, 0) is 70.6 Å². The van der Waals surface area contributed by atoms with Crippen molar-refractivity contribution in [1.82, 2.24) is 9.55 Å². The Kier molecular flexibility index (Phi) is 6.65. The van der Waals surface area contributed by atoms with Crippen LogP contribution < -0.4 is 10.9 Å². The molecule has 33 heavy (non-hydrogen) atoms. The summed E-state index contributed by atoms with van der Waals surface area (Å²) >= 11 is 1.17. The van der Waals surface area contributed by atoms with Crippen LogP contribution in [0.25, 0.3) is 10.2 Å². The van der Waals surface area contributed by atoms with Crippen molar-refractivity contribution in [2.75, 3.05) is 5.32 Å². The molecule has 1 aromatic carbocycles. The molecule has 1 amide bonds. The predicted molar refractivity (Wildman–Crippen MR) is 130 cm³/mol. The molecule has 0 radical (unpaired) electrons. The molecule has 0 aliphatic heterocycles. The first-order chi connectivity index (χ1) is 15.8. The number of benzene rings is 1. The first-order valence-corrected chi connectivity index (χ1v) is 12.2. The van der Waals surface area contributed by atoms with E-state index in [0.717, 1.165) is 36.8 Å². The maximum absolute atomic E-state index is 13.3. The van der Waals surface area contributed by atoms with Crippen molar-refractivity contribution < 1.29 is 14.3 Å². The highest BCUT2D eigenvalue weighted by molar-refractivity contribution is 7.20. The van der Waals surface area contributed by atoms with Crippen molar-refractivity contribution in [1.29, 1.82) is 0 Å². The highest BCUT2D eigenvalue weighted by atomic mass is 32.1. The van der Waals surface area contributed by atoms with Gasteiger partial charge in [0.2, 0.25) is 5.91 Å². The molecule has 0 saturated heterocycles. The summed E-state index contributed by atoms with van der Waals surface area (Å²) in [5, 5.41) is 3.26. The van der Waals surface area contributed by atoms with Crippen molar-refractivity contribution in [3.63, 3.8) is 0 Å². The summed E-state index contributed by atoms with van der Waals surface area (Å²) in [5.41, 5.74) is 2.99. The fraction of sp³-hybridized carbons (Fsp3) is 0.440. The van der Waals surface area contributed by atoms with E-state index in [-0.39, 0.29) is 17.6 Å². The van der Waals surface area contributed by atoms with Gasteiger partial charge in [0.05, 0.1) is 11.7 Å². The third-order valence-electron chi connectivity index (χ3n) is 6.32. The molecule has 0 spiro atoms. The van der Waals surface area contributed by atoms with Gasteiger partial charge in [-0.3, -0.25) is 14.2 Å². The van der Waals surface area contributed by atoms with E-state index in [9.17, 15) is 14.4 Å². The maximum atomic E-state index is 13.3. The molecule has 1 N–H and O–H groups in total. The average molecular weight is 468 g/mol. The topological polar surface area (TPSA) is 90.3 Å². The fourth-order valence-corrected chi connectivity index (χ4v) is 5.34. The van der Waals surface area contributed by atoms with Crippen molar-refractivity contribution in [2.45, 2.75) is 71.9 Å². The van der Waals surface area contributed by atoms with Gasteiger partial charge < -0.3 is 10.1 Å². The van der Waals surface area contributed by atoms with Gasteiger partial charge in [0.1, 0.15) is 21.9 Å². The van der Waals surface area contributed by atoms with Gasteiger partial charge in [-0.25, -0.2) is 9.78 Å². The fourth-order valence-electron chi connectivity index (χ4n) is 4.31. The van der Waals surface area contributed by atoms with Crippen LogP contribution in [-0.2, 0) is 9.53 Å². The number of fused-ring (bicyclic) bond motifs is 1. The van der Waals surface area contributed by atoms with E-state index in [1.54, 1.807) is 13.8 Å². The third kappa shape index (κ3) is 4.71. The van der Waals surface area contributed by atoms with Gasteiger partial charge in [-0.2, -0.15) is 0 Å². The number of aryl methyl sites for hydroxylation is 3. The zero-order valence-corrected chi connectivity index (χ0v) is 20.3. The molecule has 1 fully saturated rings. The summed E-state index contributed by atoms with van der Waals surface area (Å²) in [6, 6.07) is 5.00. The summed E-state index contributed by atoms with van der Waals surface area (Å²) < 4.78 is 7.02. The second-order valence-electron chi connectivity index (χ2n) is 8.84. The number of carbonyl (C=O) groups excluding carboxylic acids is 2. The molecule has 1 aliphatic carbocycles. The number of hydrogen-bond acceptors (Lipinski definition) is 6. The molecule has 1 atom stereocenters. The van der Waals surface area contributed by atoms with Crippen molar-refractivity contribution in [3.8, 4) is 0 Å². The molecule has 2 aromatic heterocycles. The Balaban J connectivity index is 1.59. The highest BCUT2D eigenvalue weighted by Crippen LogP contribution is 2.30. The Morgan fingerprint density at radius 2 is 1.91 bits per heavy atom. The molecule has 174 valence electrons. The molecule has 0 bridgehead atoms. The van der Waals surface area contributed by atoms with Gasteiger partial charge >= 0.3 is 5.97 Å². The molecule has 1 aliphatic rings. The quantitative estimate of drug-likeness (QED) is 0.529. The summed E-state index contributed by atoms with van der Waals surface area (Å²) in [6.07, 6.45) is 6.39. The molecule has 7 nitrogen and oxygen atoms in total. The second-order valence-corrected chi connectivity index (χ2v) is 9.84. The minimum atomic E-state index is -0.771. The lowest BCUT2D eigenvalue weighted by Gasteiger charge is -2.21. The molecule has 4 rings (SSSR count). The maximum Gasteiger partial charge on any atom is 0.348 e. The Labute approximate surface area is 196 Å². The number of hydrogen-bond donors (Lipinski definition) is 1. The normalized spacial score (nSPS) is 15.4. The Bertz CT molecular complexity index is 1270. The summed E-state index contributed by atoms with van der Waals surface area (Å²) in [5.74, 6) is -0.705. The number of nitrogens with zero attached hydrogens (tertiary/aromatic N) is 2. The minimum Gasteiger partial charge on any atom is -0.458 e. The molecule has 8 heteroatoms. The SMILES string of the molecule is Cc1ccc(NC(=O)[C@@H](C)n2cnc3sc(C(=O)OC4CCCCC4)c(C)c3c2=O)c(C)c1. The van der Waals surface area contributed by atoms with Gasteiger partial charge in [-0.15, -0.1) is 11.3 Å². The van der Waals surface area contributed by atoms with E-state index >= 15 is 0 Å². The van der Waals surface area contributed by atoms with E-state index < -0.39 is 12.0 Å². The number of carbonyl (C=O) groups is 2. The van der Waals surface area contributed by atoms with Crippen LogP contribution in [-0.4, -0.2) is 27.5 Å². The monoisotopic (exact) mass is 467 g/mol. The van der Waals surface area contributed by atoms with Gasteiger partial charge in [-0.1, -0.05) is 24.1 Å². The zero-order valence-electron chi connectivity index (χ0n) is 19.4. The largest absolute Gasteiger partial charge is 0.458 e. The van der Waals surface area contributed by atoms with Gasteiger partial charge in [0.15, 0.2) is 0 Å². The predicted octanol–water partition coefficient (Wildman–Crippen LogP) is 5.07. The van der Waals surface area contributed by atoms with Crippen LogP contribution in [0.1, 0.15) is 71.4 Å². The number of ether oxygens (including phenoxy) is 1. The van der Waals surface area contributed by atoms with Crippen LogP contribution in [0.2, 0.25) is 0 Å². The lowest BCUT2D eigenvalue weighted by molar-refractivity contribution is -0.118. The van der Waals surface area contributed by atoms with Crippen LogP contribution in [0.15, 0.2) is 29.3 Å². The molecular formula is C25H29N3O4S. The van der Waals surface area contributed by atoms with E-state index in [1.165, 1.54) is 28.7 Å². The second kappa shape index (κ2) is 9.47. The van der Waals surface area contributed by atoms with E-state index in [4.69, 9.17) is 4.74 Å². The molecular weight excluding hydrogens is 438 g/mol. The van der Waals surface area contributed by atoms with E-state index in [0.29, 0.717) is 26.3 Å². The summed E-state index contributed by atoms with van der Waals surface area (Å²) in [7, 11) is 0. The van der Waals surface area contributed by atoms with Gasteiger partial charge in [0.25, 0.3) is 5.56 Å². The van der Waals surface area contributed by atoms with E-state index in [2.05, 4.69) is 10.3 Å². The number of amides is 1. The summed E-state index contributed by atoms with van der Waals surface area (Å²) in [6.45, 7) is 7.32. The number of nitrogens with one attached hydrogen (secondary N) is 1. The highest BCUT2D eigenvalue weighted by Gasteiger charge is 2.26. The first-order valence-electron chi connectivity index (χ1n) is 11.4. The lowest BCUT2D eigenvalue weighted by atomic mass is 9.98. The molecule has 3 aromatic rings. The van der Waals surface area contributed by atoms with Crippen LogP contribution in [0.4, 0.5) is 5.69 Å². The zero-order chi connectivity index (χ0) is 23.7. The smallest absolute Gasteiger partial charge is 0.348 e. The number of anilines is 1. The number of aromatic nitrogens is 2. The first kappa shape index (κ1) is 23.2. The van der Waals surface area contributed by atoms with Crippen molar-refractivity contribution in [3.05, 3.63) is 56.4 Å².